The van der Waals surface area contributed by atoms with E-state index in [4.69, 9.17) is 21.5 Å². The molecule has 0 bridgehead atoms. The molecule has 0 spiro atoms. The van der Waals surface area contributed by atoms with Gasteiger partial charge in [-0.25, -0.2) is 0 Å². The third kappa shape index (κ3) is 3.90. The Hall–Kier alpha value is -1.95. The standard InChI is InChI=1S/C15H25BN4O6/c1-8(17)5-19-10-11(13(22)12(10)21)20-6-9(3-2-4-16(25)26)15(18,7-20)14(23)24/h8-9,19,25-26H,2-7,17-18H2,1H3,(H,23,24)/t8?,9-,15-/m0/s1. The molecule has 0 aliphatic carbocycles. The van der Waals surface area contributed by atoms with E-state index in [2.05, 4.69) is 5.32 Å². The average Bonchev–Trinajstić information content (AvgIpc) is 2.87. The Bertz CT molecular complexity index is 732. The van der Waals surface area contributed by atoms with Gasteiger partial charge >= 0.3 is 13.1 Å². The Labute approximate surface area is 150 Å². The summed E-state index contributed by atoms with van der Waals surface area (Å²) in [6.07, 6.45) is 0.840. The van der Waals surface area contributed by atoms with Crippen LogP contribution in [0.1, 0.15) is 19.8 Å². The molecule has 0 radical (unpaired) electrons. The van der Waals surface area contributed by atoms with Gasteiger partial charge in [0.2, 0.25) is 0 Å². The first-order valence-corrected chi connectivity index (χ1v) is 8.54. The minimum atomic E-state index is -1.58. The fourth-order valence-corrected chi connectivity index (χ4v) is 3.36. The number of hydrogen-bond donors (Lipinski definition) is 6. The zero-order chi connectivity index (χ0) is 19.6. The second-order valence-corrected chi connectivity index (χ2v) is 7.07. The SMILES string of the molecule is CC(N)CNc1c(N2C[C@H](CCCB(O)O)[C@](N)(C(=O)O)C2)c(=O)c1=O. The molecular weight excluding hydrogens is 343 g/mol. The lowest BCUT2D eigenvalue weighted by atomic mass is 9.78. The van der Waals surface area contributed by atoms with Crippen molar-refractivity contribution in [3.8, 4) is 0 Å². The third-order valence-electron chi connectivity index (χ3n) is 4.84. The zero-order valence-corrected chi connectivity index (χ0v) is 14.6. The van der Waals surface area contributed by atoms with Gasteiger partial charge in [-0.3, -0.25) is 14.4 Å². The average molecular weight is 368 g/mol. The van der Waals surface area contributed by atoms with Crippen molar-refractivity contribution in [2.24, 2.45) is 17.4 Å². The number of rotatable bonds is 9. The van der Waals surface area contributed by atoms with Crippen molar-refractivity contribution in [1.82, 2.24) is 0 Å². The minimum Gasteiger partial charge on any atom is -0.480 e. The highest BCUT2D eigenvalue weighted by Gasteiger charge is 2.50. The first-order valence-electron chi connectivity index (χ1n) is 8.54. The van der Waals surface area contributed by atoms with E-state index in [1.807, 2.05) is 0 Å². The second-order valence-electron chi connectivity index (χ2n) is 7.07. The Morgan fingerprint density at radius 1 is 1.42 bits per heavy atom. The number of carboxylic acid groups (broad SMARTS) is 1. The summed E-state index contributed by atoms with van der Waals surface area (Å²) in [5.41, 5.74) is 9.13. The number of aliphatic carboxylic acids is 1. The number of nitrogens with two attached hydrogens (primary N) is 2. The lowest BCUT2D eigenvalue weighted by Crippen LogP contribution is -2.55. The maximum Gasteiger partial charge on any atom is 0.451 e. The van der Waals surface area contributed by atoms with Crippen molar-refractivity contribution in [3.05, 3.63) is 20.4 Å². The van der Waals surface area contributed by atoms with E-state index < -0.39 is 35.4 Å². The Morgan fingerprint density at radius 3 is 2.62 bits per heavy atom. The second kappa shape index (κ2) is 7.74. The molecule has 10 nitrogen and oxygen atoms in total. The molecule has 3 atom stereocenters. The first kappa shape index (κ1) is 20.4. The van der Waals surface area contributed by atoms with Crippen molar-refractivity contribution in [2.75, 3.05) is 29.9 Å². The molecule has 2 rings (SSSR count). The Kier molecular flexibility index (Phi) is 6.07. The molecular formula is C15H25BN4O6. The summed E-state index contributed by atoms with van der Waals surface area (Å²) in [4.78, 5) is 37.1. The van der Waals surface area contributed by atoms with Gasteiger partial charge in [-0.2, -0.15) is 0 Å². The van der Waals surface area contributed by atoms with Crippen LogP contribution in [0.15, 0.2) is 9.59 Å². The molecule has 1 aromatic carbocycles. The molecule has 1 aliphatic heterocycles. The van der Waals surface area contributed by atoms with E-state index in [0.29, 0.717) is 19.4 Å². The van der Waals surface area contributed by atoms with Crippen LogP contribution in [0.25, 0.3) is 0 Å². The molecule has 1 saturated heterocycles. The van der Waals surface area contributed by atoms with E-state index in [9.17, 15) is 19.5 Å². The summed E-state index contributed by atoms with van der Waals surface area (Å²) in [5.74, 6) is -1.69. The van der Waals surface area contributed by atoms with Gasteiger partial charge in [0.15, 0.2) is 0 Å². The van der Waals surface area contributed by atoms with Crippen molar-refractivity contribution in [2.45, 2.75) is 37.7 Å². The topological polar surface area (TPSA) is 179 Å². The number of anilines is 2. The monoisotopic (exact) mass is 368 g/mol. The fourth-order valence-electron chi connectivity index (χ4n) is 3.36. The van der Waals surface area contributed by atoms with E-state index in [1.165, 1.54) is 4.90 Å². The van der Waals surface area contributed by atoms with Gasteiger partial charge < -0.3 is 36.8 Å². The molecule has 26 heavy (non-hydrogen) atoms. The summed E-state index contributed by atoms with van der Waals surface area (Å²) in [6, 6.07) is -0.226. The summed E-state index contributed by atoms with van der Waals surface area (Å²) in [6.45, 7) is 2.14. The van der Waals surface area contributed by atoms with Gasteiger partial charge in [-0.05, 0) is 19.7 Å². The molecule has 1 heterocycles. The van der Waals surface area contributed by atoms with Crippen LogP contribution < -0.4 is 32.5 Å². The van der Waals surface area contributed by atoms with E-state index in [1.54, 1.807) is 6.92 Å². The maximum absolute atomic E-state index is 12.0. The molecule has 144 valence electrons. The van der Waals surface area contributed by atoms with Gasteiger partial charge in [0.1, 0.15) is 16.9 Å². The highest BCUT2D eigenvalue weighted by Crippen LogP contribution is 2.35. The molecule has 1 unspecified atom stereocenters. The molecule has 8 N–H and O–H groups in total. The number of carboxylic acids is 1. The molecule has 1 fully saturated rings. The summed E-state index contributed by atoms with van der Waals surface area (Å²) < 4.78 is 0. The van der Waals surface area contributed by atoms with Crippen LogP contribution in [0.2, 0.25) is 6.32 Å². The quantitative estimate of drug-likeness (QED) is 0.202. The number of carbonyl (C=O) groups is 1. The zero-order valence-electron chi connectivity index (χ0n) is 14.6. The lowest BCUT2D eigenvalue weighted by molar-refractivity contribution is -0.144. The van der Waals surface area contributed by atoms with Crippen LogP contribution in [0, 0.1) is 5.92 Å². The van der Waals surface area contributed by atoms with Crippen LogP contribution in [0.5, 0.6) is 0 Å². The lowest BCUT2D eigenvalue weighted by Gasteiger charge is -2.26. The summed E-state index contributed by atoms with van der Waals surface area (Å²) >= 11 is 0. The van der Waals surface area contributed by atoms with E-state index >= 15 is 0 Å². The van der Waals surface area contributed by atoms with Crippen molar-refractivity contribution in [3.63, 3.8) is 0 Å². The van der Waals surface area contributed by atoms with Crippen LogP contribution in [-0.4, -0.2) is 59.5 Å². The molecule has 0 amide bonds. The number of hydrogen-bond acceptors (Lipinski definition) is 9. The van der Waals surface area contributed by atoms with Gasteiger partial charge in [-0.1, -0.05) is 6.42 Å². The highest BCUT2D eigenvalue weighted by atomic mass is 16.4. The van der Waals surface area contributed by atoms with Crippen LogP contribution in [0.3, 0.4) is 0 Å². The molecule has 11 heteroatoms. The summed E-state index contributed by atoms with van der Waals surface area (Å²) in [7, 11) is -1.47. The molecule has 1 aliphatic rings. The smallest absolute Gasteiger partial charge is 0.451 e. The van der Waals surface area contributed by atoms with Crippen LogP contribution >= 0.6 is 0 Å². The normalized spacial score (nSPS) is 24.0. The van der Waals surface area contributed by atoms with E-state index in [0.717, 1.165) is 0 Å². The largest absolute Gasteiger partial charge is 0.480 e. The van der Waals surface area contributed by atoms with Crippen LogP contribution in [0.4, 0.5) is 11.4 Å². The predicted molar refractivity (Wildman–Crippen MR) is 98.0 cm³/mol. The molecule has 1 aromatic rings. The fraction of sp³-hybridized carbons (Fsp3) is 0.667. The van der Waals surface area contributed by atoms with Gasteiger partial charge in [0, 0.05) is 31.6 Å². The number of nitrogens with one attached hydrogen (secondary N) is 1. The van der Waals surface area contributed by atoms with Gasteiger partial charge in [-0.15, -0.1) is 0 Å². The Morgan fingerprint density at radius 2 is 2.08 bits per heavy atom. The Balaban J connectivity index is 2.19. The first-order chi connectivity index (χ1) is 12.1. The van der Waals surface area contributed by atoms with Crippen LogP contribution in [-0.2, 0) is 4.79 Å². The molecule has 0 saturated carbocycles. The predicted octanol–water partition coefficient (Wildman–Crippen LogP) is -2.49. The summed E-state index contributed by atoms with van der Waals surface area (Å²) in [5, 5.41) is 30.3. The third-order valence-corrected chi connectivity index (χ3v) is 4.84. The van der Waals surface area contributed by atoms with Crippen molar-refractivity contribution in [1.29, 1.82) is 0 Å². The van der Waals surface area contributed by atoms with Crippen molar-refractivity contribution >= 4 is 24.5 Å². The minimum absolute atomic E-state index is 0.105. The molecule has 0 aromatic heterocycles. The van der Waals surface area contributed by atoms with Crippen molar-refractivity contribution < 1.29 is 19.9 Å². The highest BCUT2D eigenvalue weighted by molar-refractivity contribution is 6.40. The van der Waals surface area contributed by atoms with Gasteiger partial charge in [0.05, 0.1) is 0 Å². The van der Waals surface area contributed by atoms with Gasteiger partial charge in [0.25, 0.3) is 10.9 Å². The maximum atomic E-state index is 12.0. The number of nitrogens with zero attached hydrogens (tertiary/aromatic N) is 1. The van der Waals surface area contributed by atoms with E-state index in [-0.39, 0.29) is 36.8 Å².